The zero-order valence-electron chi connectivity index (χ0n) is 23.0. The maximum atomic E-state index is 15.4. The largest absolute Gasteiger partial charge is 0.618 e. The number of hydrogen-bond acceptors (Lipinski definition) is 7. The highest BCUT2D eigenvalue weighted by Crippen LogP contribution is 2.35. The van der Waals surface area contributed by atoms with Crippen molar-refractivity contribution in [2.75, 3.05) is 6.56 Å². The van der Waals surface area contributed by atoms with Crippen molar-refractivity contribution in [2.24, 2.45) is 7.05 Å². The lowest BCUT2D eigenvalue weighted by Gasteiger charge is -2.18. The van der Waals surface area contributed by atoms with Gasteiger partial charge in [-0.3, -0.25) is 4.68 Å². The molecule has 0 radical (unpaired) electrons. The standard InChI is InChI=1S/C24H18ClF6N9O2/c1-37-22(32-12-34-37)14-8-33-38(9-14)16(6-7-42-23(27)28)17-4-2-13(10-40(17)41)20-18(5-3-15(25)21(20)26)39-11-19(35-36-39)24(29,30)31/h2-5,8-12,16,23H,6-7H2,1H3/t16-/m1/s1/i7D2. The van der Waals surface area contributed by atoms with Gasteiger partial charge in [-0.1, -0.05) is 16.8 Å². The van der Waals surface area contributed by atoms with Crippen LogP contribution in [0.1, 0.15) is 26.6 Å². The molecule has 18 heteroatoms. The van der Waals surface area contributed by atoms with Crippen molar-refractivity contribution in [3.63, 3.8) is 0 Å². The van der Waals surface area contributed by atoms with E-state index in [1.165, 1.54) is 35.5 Å². The Morgan fingerprint density at radius 1 is 1.14 bits per heavy atom. The number of alkyl halides is 5. The minimum absolute atomic E-state index is 0.159. The highest BCUT2D eigenvalue weighted by atomic mass is 35.5. The number of aryl methyl sites for hydroxylation is 1. The van der Waals surface area contributed by atoms with Crippen LogP contribution in [0.2, 0.25) is 5.02 Å². The van der Waals surface area contributed by atoms with Gasteiger partial charge in [0.05, 0.1) is 49.1 Å². The van der Waals surface area contributed by atoms with E-state index >= 15 is 4.39 Å². The summed E-state index contributed by atoms with van der Waals surface area (Å²) in [5.74, 6) is -0.725. The van der Waals surface area contributed by atoms with Crippen molar-refractivity contribution in [3.05, 3.63) is 82.8 Å². The van der Waals surface area contributed by atoms with Gasteiger partial charge in [-0.05, 0) is 18.2 Å². The van der Waals surface area contributed by atoms with Crippen molar-refractivity contribution >= 4 is 11.6 Å². The van der Waals surface area contributed by atoms with Crippen molar-refractivity contribution in [3.8, 4) is 28.2 Å². The number of pyridine rings is 1. The van der Waals surface area contributed by atoms with Gasteiger partial charge in [0.25, 0.3) is 0 Å². The van der Waals surface area contributed by atoms with Gasteiger partial charge in [-0.25, -0.2) is 18.7 Å². The van der Waals surface area contributed by atoms with Crippen molar-refractivity contribution in [1.29, 1.82) is 0 Å². The molecular formula is C24H18ClF6N9O2. The summed E-state index contributed by atoms with van der Waals surface area (Å²) in [7, 11) is 1.60. The molecule has 4 aromatic heterocycles. The first-order valence-corrected chi connectivity index (χ1v) is 12.1. The van der Waals surface area contributed by atoms with Gasteiger partial charge in [-0.2, -0.15) is 36.9 Å². The molecule has 0 spiro atoms. The molecule has 1 atom stereocenters. The van der Waals surface area contributed by atoms with Crippen LogP contribution in [-0.2, 0) is 18.0 Å². The monoisotopic (exact) mass is 615 g/mol. The topological polar surface area (TPSA) is 115 Å². The predicted molar refractivity (Wildman–Crippen MR) is 133 cm³/mol. The number of aromatic nitrogens is 9. The third-order valence-electron chi connectivity index (χ3n) is 6.02. The van der Waals surface area contributed by atoms with Gasteiger partial charge < -0.3 is 9.94 Å². The van der Waals surface area contributed by atoms with Crippen LogP contribution in [0, 0.1) is 11.0 Å². The molecule has 0 N–H and O–H groups in total. The molecule has 42 heavy (non-hydrogen) atoms. The molecule has 0 unspecified atom stereocenters. The normalized spacial score (nSPS) is 13.8. The number of rotatable bonds is 9. The summed E-state index contributed by atoms with van der Waals surface area (Å²) in [4.78, 5) is 4.08. The van der Waals surface area contributed by atoms with Gasteiger partial charge in [0.2, 0.25) is 5.69 Å². The van der Waals surface area contributed by atoms with Crippen LogP contribution in [0.15, 0.2) is 55.4 Å². The Kier molecular flexibility index (Phi) is 7.16. The second-order valence-electron chi connectivity index (χ2n) is 8.63. The molecule has 0 aliphatic rings. The molecule has 220 valence electrons. The highest BCUT2D eigenvalue weighted by Gasteiger charge is 2.35. The van der Waals surface area contributed by atoms with E-state index in [4.69, 9.17) is 14.3 Å². The first-order valence-electron chi connectivity index (χ1n) is 12.7. The van der Waals surface area contributed by atoms with E-state index in [0.717, 1.165) is 23.0 Å². The van der Waals surface area contributed by atoms with Gasteiger partial charge in [0.1, 0.15) is 12.4 Å². The third kappa shape index (κ3) is 5.78. The Labute approximate surface area is 239 Å². The fourth-order valence-electron chi connectivity index (χ4n) is 4.12. The summed E-state index contributed by atoms with van der Waals surface area (Å²) < 4.78 is 104. The SMILES string of the molecule is [2H]C([2H])(C[C@H](c1ccc(-c2c(-n3cc(C(F)(F)F)nn3)ccc(Cl)c2F)c[n+]1[O-])n1cc(-c2ncnn2C)cn1)OC(F)F. The van der Waals surface area contributed by atoms with Crippen LogP contribution in [0.4, 0.5) is 26.3 Å². The van der Waals surface area contributed by atoms with E-state index < -0.39 is 53.9 Å². The smallest absolute Gasteiger partial charge is 0.436 e. The molecule has 0 amide bonds. The summed E-state index contributed by atoms with van der Waals surface area (Å²) in [5.41, 5.74) is -1.97. The fraction of sp³-hybridized carbons (Fsp3) is 0.250. The molecule has 5 aromatic rings. The van der Waals surface area contributed by atoms with Crippen molar-refractivity contribution in [2.45, 2.75) is 25.3 Å². The molecular weight excluding hydrogens is 596 g/mol. The first-order chi connectivity index (χ1) is 20.6. The van der Waals surface area contributed by atoms with E-state index in [0.29, 0.717) is 22.3 Å². The molecule has 0 saturated carbocycles. The van der Waals surface area contributed by atoms with E-state index in [1.54, 1.807) is 7.05 Å². The second-order valence-corrected chi connectivity index (χ2v) is 9.04. The molecule has 0 fully saturated rings. The lowest BCUT2D eigenvalue weighted by molar-refractivity contribution is -0.615. The van der Waals surface area contributed by atoms with Gasteiger partial charge in [-0.15, -0.1) is 5.10 Å². The van der Waals surface area contributed by atoms with Crippen LogP contribution in [-0.4, -0.2) is 52.7 Å². The van der Waals surface area contributed by atoms with E-state index in [-0.39, 0.29) is 21.7 Å². The van der Waals surface area contributed by atoms with Crippen LogP contribution in [0.5, 0.6) is 0 Å². The molecule has 11 nitrogen and oxygen atoms in total. The van der Waals surface area contributed by atoms with Crippen molar-refractivity contribution in [1.82, 2.24) is 39.5 Å². The summed E-state index contributed by atoms with van der Waals surface area (Å²) in [5, 5.41) is 27.6. The van der Waals surface area contributed by atoms with Crippen LogP contribution in [0.25, 0.3) is 28.2 Å². The molecule has 4 heterocycles. The second kappa shape index (κ2) is 11.4. The zero-order valence-corrected chi connectivity index (χ0v) is 21.8. The first kappa shape index (κ1) is 26.4. The van der Waals surface area contributed by atoms with Crippen LogP contribution >= 0.6 is 11.6 Å². The maximum Gasteiger partial charge on any atom is 0.436 e. The lowest BCUT2D eigenvalue weighted by atomic mass is 10.0. The minimum Gasteiger partial charge on any atom is -0.618 e. The maximum absolute atomic E-state index is 15.4. The Bertz CT molecular complexity index is 1810. The number of halogens is 7. The van der Waals surface area contributed by atoms with E-state index in [1.807, 2.05) is 0 Å². The predicted octanol–water partition coefficient (Wildman–Crippen LogP) is 4.59. The molecule has 0 aliphatic heterocycles. The van der Waals surface area contributed by atoms with E-state index in [2.05, 4.69) is 30.2 Å². The average Bonchev–Trinajstić information content (AvgIpc) is 3.69. The third-order valence-corrected chi connectivity index (χ3v) is 6.31. The van der Waals surface area contributed by atoms with Crippen LogP contribution < -0.4 is 4.73 Å². The molecule has 5 rings (SSSR count). The fourth-order valence-corrected chi connectivity index (χ4v) is 4.28. The number of benzene rings is 1. The molecule has 0 aliphatic carbocycles. The number of hydrogen-bond donors (Lipinski definition) is 0. The molecule has 0 bridgehead atoms. The number of nitrogens with zero attached hydrogens (tertiary/aromatic N) is 9. The van der Waals surface area contributed by atoms with Crippen molar-refractivity contribution < 1.29 is 38.6 Å². The summed E-state index contributed by atoms with van der Waals surface area (Å²) in [6, 6.07) is 3.27. The average molecular weight is 616 g/mol. The summed E-state index contributed by atoms with van der Waals surface area (Å²) >= 11 is 5.95. The lowest BCUT2D eigenvalue weighted by Crippen LogP contribution is -2.36. The quantitative estimate of drug-likeness (QED) is 0.135. The Morgan fingerprint density at radius 2 is 1.93 bits per heavy atom. The van der Waals surface area contributed by atoms with E-state index in [9.17, 15) is 27.2 Å². The minimum atomic E-state index is -4.84. The van der Waals surface area contributed by atoms with Crippen LogP contribution in [0.3, 0.4) is 0 Å². The van der Waals surface area contributed by atoms with Gasteiger partial charge in [0.15, 0.2) is 23.5 Å². The molecule has 1 aromatic carbocycles. The van der Waals surface area contributed by atoms with Gasteiger partial charge in [0, 0.05) is 25.7 Å². The van der Waals surface area contributed by atoms with Gasteiger partial charge >= 0.3 is 12.8 Å². The molecule has 0 saturated heterocycles. The Balaban J connectivity index is 1.59. The number of ether oxygens (including phenoxy) is 1. The summed E-state index contributed by atoms with van der Waals surface area (Å²) in [6.45, 7) is -6.42. The summed E-state index contributed by atoms with van der Waals surface area (Å²) in [6.07, 6.45) is -0.275. The Morgan fingerprint density at radius 3 is 2.57 bits per heavy atom. The highest BCUT2D eigenvalue weighted by molar-refractivity contribution is 6.31. The Hall–Kier alpha value is -4.51. The zero-order chi connectivity index (χ0) is 32.0.